The molecule has 94 valence electrons. The Kier molecular flexibility index (Phi) is 5.22. The van der Waals surface area contributed by atoms with Gasteiger partial charge in [-0.2, -0.15) is 0 Å². The van der Waals surface area contributed by atoms with Crippen LogP contribution in [0.3, 0.4) is 0 Å². The predicted molar refractivity (Wildman–Crippen MR) is 64.2 cm³/mol. The van der Waals surface area contributed by atoms with Crippen LogP contribution in [0.4, 0.5) is 0 Å². The first-order chi connectivity index (χ1) is 7.61. The van der Waals surface area contributed by atoms with Gasteiger partial charge in [-0.25, -0.2) is 0 Å². The quantitative estimate of drug-likeness (QED) is 0.652. The third-order valence-corrected chi connectivity index (χ3v) is 3.50. The molecule has 0 aromatic rings. The van der Waals surface area contributed by atoms with E-state index in [4.69, 9.17) is 5.11 Å². The first kappa shape index (κ1) is 13.5. The third kappa shape index (κ3) is 3.76. The Labute approximate surface area is 97.8 Å². The Morgan fingerprint density at radius 1 is 1.56 bits per heavy atom. The number of amides is 1. The molecule has 0 radical (unpaired) electrons. The Bertz CT molecular complexity index is 227. The highest BCUT2D eigenvalue weighted by molar-refractivity contribution is 5.82. The van der Waals surface area contributed by atoms with Crippen molar-refractivity contribution in [2.24, 2.45) is 0 Å². The minimum Gasteiger partial charge on any atom is -0.396 e. The van der Waals surface area contributed by atoms with Crippen LogP contribution in [0.15, 0.2) is 0 Å². The molecule has 3 N–H and O–H groups in total. The summed E-state index contributed by atoms with van der Waals surface area (Å²) in [7, 11) is 0. The molecule has 0 saturated carbocycles. The molecule has 1 heterocycles. The lowest BCUT2D eigenvalue weighted by molar-refractivity contribution is -0.125. The molecule has 1 rings (SSSR count). The standard InChI is InChI=1S/C12H24N2O2/c1-3-12(2,7-9-15)14-11(16)10-6-4-5-8-13-10/h10,13,15H,3-9H2,1-2H3,(H,14,16)/t10-,12?/m1/s1. The molecule has 0 aromatic heterocycles. The van der Waals surface area contributed by atoms with E-state index in [1.54, 1.807) is 0 Å². The SMILES string of the molecule is CCC(C)(CCO)NC(=O)[C@H]1CCCCN1. The number of carbonyl (C=O) groups is 1. The lowest BCUT2D eigenvalue weighted by Gasteiger charge is -2.32. The molecule has 0 aromatic carbocycles. The second kappa shape index (κ2) is 6.21. The van der Waals surface area contributed by atoms with Gasteiger partial charge in [0.15, 0.2) is 0 Å². The molecule has 16 heavy (non-hydrogen) atoms. The third-order valence-electron chi connectivity index (χ3n) is 3.50. The number of aliphatic hydroxyl groups excluding tert-OH is 1. The summed E-state index contributed by atoms with van der Waals surface area (Å²) in [6.45, 7) is 5.07. The van der Waals surface area contributed by atoms with E-state index < -0.39 is 0 Å². The molecule has 2 atom stereocenters. The summed E-state index contributed by atoms with van der Waals surface area (Å²) in [5, 5.41) is 15.3. The molecule has 1 unspecified atom stereocenters. The minimum atomic E-state index is -0.273. The molecular weight excluding hydrogens is 204 g/mol. The van der Waals surface area contributed by atoms with Crippen LogP contribution in [0, 0.1) is 0 Å². The van der Waals surface area contributed by atoms with Crippen molar-refractivity contribution in [3.05, 3.63) is 0 Å². The van der Waals surface area contributed by atoms with Crippen molar-refractivity contribution < 1.29 is 9.90 Å². The van der Waals surface area contributed by atoms with Crippen molar-refractivity contribution >= 4 is 5.91 Å². The monoisotopic (exact) mass is 228 g/mol. The fourth-order valence-corrected chi connectivity index (χ4v) is 2.03. The van der Waals surface area contributed by atoms with Crippen LogP contribution in [0.1, 0.15) is 46.0 Å². The zero-order valence-electron chi connectivity index (χ0n) is 10.4. The van der Waals surface area contributed by atoms with Gasteiger partial charge in [0.05, 0.1) is 6.04 Å². The first-order valence-electron chi connectivity index (χ1n) is 6.27. The van der Waals surface area contributed by atoms with Crippen LogP contribution < -0.4 is 10.6 Å². The van der Waals surface area contributed by atoms with E-state index in [0.29, 0.717) is 6.42 Å². The fourth-order valence-electron chi connectivity index (χ4n) is 2.03. The number of hydrogen-bond donors (Lipinski definition) is 3. The molecule has 0 bridgehead atoms. The van der Waals surface area contributed by atoms with Crippen molar-refractivity contribution in [3.8, 4) is 0 Å². The summed E-state index contributed by atoms with van der Waals surface area (Å²) in [5.74, 6) is 0.0810. The first-order valence-corrected chi connectivity index (χ1v) is 6.27. The van der Waals surface area contributed by atoms with Crippen molar-refractivity contribution in [3.63, 3.8) is 0 Å². The number of rotatable bonds is 5. The molecule has 1 saturated heterocycles. The largest absolute Gasteiger partial charge is 0.396 e. The van der Waals surface area contributed by atoms with Crippen molar-refractivity contribution in [2.75, 3.05) is 13.2 Å². The van der Waals surface area contributed by atoms with Gasteiger partial charge < -0.3 is 15.7 Å². The Morgan fingerprint density at radius 2 is 2.31 bits per heavy atom. The van der Waals surface area contributed by atoms with E-state index in [9.17, 15) is 4.79 Å². The van der Waals surface area contributed by atoms with Gasteiger partial charge in [-0.05, 0) is 39.2 Å². The van der Waals surface area contributed by atoms with E-state index >= 15 is 0 Å². The summed E-state index contributed by atoms with van der Waals surface area (Å²) >= 11 is 0. The molecule has 1 fully saturated rings. The van der Waals surface area contributed by atoms with E-state index in [1.165, 1.54) is 0 Å². The normalized spacial score (nSPS) is 24.8. The number of hydrogen-bond acceptors (Lipinski definition) is 3. The maximum atomic E-state index is 12.0. The van der Waals surface area contributed by atoms with E-state index in [1.807, 2.05) is 13.8 Å². The van der Waals surface area contributed by atoms with Crippen LogP contribution in [-0.2, 0) is 4.79 Å². The smallest absolute Gasteiger partial charge is 0.237 e. The molecule has 1 aliphatic heterocycles. The molecule has 1 amide bonds. The van der Waals surface area contributed by atoms with E-state index in [-0.39, 0.29) is 24.1 Å². The molecule has 0 aliphatic carbocycles. The molecule has 0 spiro atoms. The minimum absolute atomic E-state index is 0.0432. The van der Waals surface area contributed by atoms with Crippen LogP contribution in [0.5, 0.6) is 0 Å². The second-order valence-corrected chi connectivity index (χ2v) is 4.88. The van der Waals surface area contributed by atoms with E-state index in [0.717, 1.165) is 32.2 Å². The lowest BCUT2D eigenvalue weighted by Crippen LogP contribution is -2.54. The average Bonchev–Trinajstić information content (AvgIpc) is 2.30. The summed E-state index contributed by atoms with van der Waals surface area (Å²) in [5.41, 5.74) is -0.273. The van der Waals surface area contributed by atoms with Crippen molar-refractivity contribution in [1.82, 2.24) is 10.6 Å². The summed E-state index contributed by atoms with van der Waals surface area (Å²) < 4.78 is 0. The lowest BCUT2D eigenvalue weighted by atomic mass is 9.93. The highest BCUT2D eigenvalue weighted by Gasteiger charge is 2.28. The molecular formula is C12H24N2O2. The Hall–Kier alpha value is -0.610. The summed E-state index contributed by atoms with van der Waals surface area (Å²) in [6, 6.07) is -0.0432. The fraction of sp³-hybridized carbons (Fsp3) is 0.917. The van der Waals surface area contributed by atoms with Crippen LogP contribution >= 0.6 is 0 Å². The van der Waals surface area contributed by atoms with Gasteiger partial charge in [0, 0.05) is 12.1 Å². The Morgan fingerprint density at radius 3 is 2.81 bits per heavy atom. The van der Waals surface area contributed by atoms with Gasteiger partial charge >= 0.3 is 0 Å². The molecule has 4 heteroatoms. The van der Waals surface area contributed by atoms with E-state index in [2.05, 4.69) is 10.6 Å². The Balaban J connectivity index is 2.47. The maximum Gasteiger partial charge on any atom is 0.237 e. The zero-order chi connectivity index (χ0) is 12.0. The van der Waals surface area contributed by atoms with Gasteiger partial charge in [0.1, 0.15) is 0 Å². The zero-order valence-corrected chi connectivity index (χ0v) is 10.4. The van der Waals surface area contributed by atoms with Crippen molar-refractivity contribution in [2.45, 2.75) is 57.5 Å². The van der Waals surface area contributed by atoms with Crippen LogP contribution in [-0.4, -0.2) is 35.7 Å². The highest BCUT2D eigenvalue weighted by atomic mass is 16.3. The average molecular weight is 228 g/mol. The molecule has 4 nitrogen and oxygen atoms in total. The molecule has 1 aliphatic rings. The second-order valence-electron chi connectivity index (χ2n) is 4.88. The number of nitrogens with one attached hydrogen (secondary N) is 2. The van der Waals surface area contributed by atoms with Crippen molar-refractivity contribution in [1.29, 1.82) is 0 Å². The highest BCUT2D eigenvalue weighted by Crippen LogP contribution is 2.15. The summed E-state index contributed by atoms with van der Waals surface area (Å²) in [4.78, 5) is 12.0. The van der Waals surface area contributed by atoms with Crippen LogP contribution in [0.2, 0.25) is 0 Å². The number of piperidine rings is 1. The van der Waals surface area contributed by atoms with Gasteiger partial charge in [-0.3, -0.25) is 4.79 Å². The summed E-state index contributed by atoms with van der Waals surface area (Å²) in [6.07, 6.45) is 4.65. The predicted octanol–water partition coefficient (Wildman–Crippen LogP) is 0.796. The topological polar surface area (TPSA) is 61.4 Å². The maximum absolute atomic E-state index is 12.0. The van der Waals surface area contributed by atoms with Gasteiger partial charge in [-0.15, -0.1) is 0 Å². The number of carbonyl (C=O) groups excluding carboxylic acids is 1. The number of aliphatic hydroxyl groups is 1. The van der Waals surface area contributed by atoms with Crippen LogP contribution in [0.25, 0.3) is 0 Å². The van der Waals surface area contributed by atoms with Gasteiger partial charge in [0.25, 0.3) is 0 Å². The van der Waals surface area contributed by atoms with Gasteiger partial charge in [0.2, 0.25) is 5.91 Å². The van der Waals surface area contributed by atoms with Gasteiger partial charge in [-0.1, -0.05) is 13.3 Å².